The Morgan fingerprint density at radius 3 is 1.07 bits per heavy atom. The largest absolute Gasteiger partial charge is 0.0683 e. The highest BCUT2D eigenvalue weighted by molar-refractivity contribution is 5.38. The quantitative estimate of drug-likeness (QED) is 0.469. The first kappa shape index (κ1) is 27.7. The summed E-state index contributed by atoms with van der Waals surface area (Å²) in [5.74, 6) is 0.649. The fraction of sp³-hybridized carbons (Fsp3) is 0.556. The summed E-state index contributed by atoms with van der Waals surface area (Å²) < 4.78 is 0. The van der Waals surface area contributed by atoms with Crippen LogP contribution in [0.3, 0.4) is 0 Å². The van der Waals surface area contributed by atoms with Crippen LogP contribution in [0.1, 0.15) is 102 Å². The highest BCUT2D eigenvalue weighted by atomic mass is 14.2. The van der Waals surface area contributed by atoms with E-state index < -0.39 is 0 Å². The van der Waals surface area contributed by atoms with E-state index in [0.717, 1.165) is 0 Å². The van der Waals surface area contributed by atoms with Gasteiger partial charge < -0.3 is 0 Å². The summed E-state index contributed by atoms with van der Waals surface area (Å²) in [5.41, 5.74) is 8.91. The van der Waals surface area contributed by atoms with Gasteiger partial charge in [0.05, 0.1) is 0 Å². The van der Waals surface area contributed by atoms with E-state index in [1.807, 2.05) is 27.7 Å². The summed E-state index contributed by atoms with van der Waals surface area (Å²) in [4.78, 5) is 0. The van der Waals surface area contributed by atoms with Gasteiger partial charge in [-0.25, -0.2) is 0 Å². The normalized spacial score (nSPS) is 10.0. The van der Waals surface area contributed by atoms with Crippen LogP contribution in [0.2, 0.25) is 0 Å². The number of hydrogen-bond acceptors (Lipinski definition) is 0. The molecule has 0 heterocycles. The zero-order valence-corrected chi connectivity index (χ0v) is 20.5. The Morgan fingerprint density at radius 2 is 0.889 bits per heavy atom. The third kappa shape index (κ3) is 9.27. The number of rotatable bonds is 1. The van der Waals surface area contributed by atoms with Gasteiger partial charge in [-0.3, -0.25) is 0 Å². The third-order valence-electron chi connectivity index (χ3n) is 4.35. The van der Waals surface area contributed by atoms with Crippen molar-refractivity contribution in [2.24, 2.45) is 0 Å². The lowest BCUT2D eigenvalue weighted by atomic mass is 9.81. The van der Waals surface area contributed by atoms with Crippen molar-refractivity contribution in [1.29, 1.82) is 0 Å². The van der Waals surface area contributed by atoms with Gasteiger partial charge in [0.25, 0.3) is 0 Å². The summed E-state index contributed by atoms with van der Waals surface area (Å²) >= 11 is 0. The first-order chi connectivity index (χ1) is 12.6. The third-order valence-corrected chi connectivity index (χ3v) is 4.35. The molecule has 0 aliphatic carbocycles. The zero-order chi connectivity index (χ0) is 21.8. The lowest BCUT2D eigenvalue weighted by Crippen LogP contribution is -2.14. The SMILES string of the molecule is CC.CC.Cc1cccc(C)c1C(C)(C)C.Cc1cccc(C)c1C(C)C. The number of benzene rings is 2. The predicted molar refractivity (Wildman–Crippen MR) is 127 cm³/mol. The minimum absolute atomic E-state index is 0.273. The van der Waals surface area contributed by atoms with Gasteiger partial charge in [0.2, 0.25) is 0 Å². The van der Waals surface area contributed by atoms with Crippen LogP contribution in [-0.2, 0) is 5.41 Å². The molecule has 0 nitrogen and oxygen atoms in total. The second-order valence-corrected chi connectivity index (χ2v) is 7.98. The molecule has 0 amide bonds. The maximum atomic E-state index is 2.27. The van der Waals surface area contributed by atoms with Crippen LogP contribution in [0.25, 0.3) is 0 Å². The Labute approximate surface area is 171 Å². The minimum Gasteiger partial charge on any atom is -0.0683 e. The monoisotopic (exact) mass is 370 g/mol. The lowest BCUT2D eigenvalue weighted by molar-refractivity contribution is 0.582. The summed E-state index contributed by atoms with van der Waals surface area (Å²) in [6.45, 7) is 28.0. The Morgan fingerprint density at radius 1 is 0.593 bits per heavy atom. The molecule has 0 N–H and O–H groups in total. The molecule has 0 aliphatic rings. The van der Waals surface area contributed by atoms with Crippen LogP contribution in [0, 0.1) is 27.7 Å². The average Bonchev–Trinajstić information content (AvgIpc) is 2.57. The molecule has 0 bridgehead atoms. The van der Waals surface area contributed by atoms with Crippen molar-refractivity contribution in [3.8, 4) is 0 Å². The van der Waals surface area contributed by atoms with Gasteiger partial charge in [0, 0.05) is 0 Å². The minimum atomic E-state index is 0.273. The van der Waals surface area contributed by atoms with Crippen molar-refractivity contribution in [2.45, 2.75) is 101 Å². The standard InChI is InChI=1S/C12H18.C11H16.2C2H6/c1-9-7-6-8-10(2)11(9)12(3,4)5;1-8(2)11-9(3)6-5-7-10(11)4;2*1-2/h6-8H,1-5H3;5-8H,1-4H3;2*1-2H3. The maximum absolute atomic E-state index is 2.27. The fourth-order valence-corrected chi connectivity index (χ4v) is 3.74. The molecular formula is C27H46. The van der Waals surface area contributed by atoms with E-state index in [1.165, 1.54) is 33.4 Å². The highest BCUT2D eigenvalue weighted by Gasteiger charge is 2.17. The molecule has 0 fully saturated rings. The topological polar surface area (TPSA) is 0 Å². The molecular weight excluding hydrogens is 324 g/mol. The van der Waals surface area contributed by atoms with Gasteiger partial charge in [-0.15, -0.1) is 0 Å². The van der Waals surface area contributed by atoms with E-state index in [4.69, 9.17) is 0 Å². The molecule has 0 spiro atoms. The molecule has 0 unspecified atom stereocenters. The van der Waals surface area contributed by atoms with E-state index in [0.29, 0.717) is 5.92 Å². The molecule has 0 aliphatic heterocycles. The van der Waals surface area contributed by atoms with E-state index in [9.17, 15) is 0 Å². The summed E-state index contributed by atoms with van der Waals surface area (Å²) in [7, 11) is 0. The Hall–Kier alpha value is -1.56. The lowest BCUT2D eigenvalue weighted by Gasteiger charge is -2.23. The van der Waals surface area contributed by atoms with Crippen molar-refractivity contribution >= 4 is 0 Å². The molecule has 154 valence electrons. The van der Waals surface area contributed by atoms with Gasteiger partial charge in [-0.1, -0.05) is 98.7 Å². The summed E-state index contributed by atoms with van der Waals surface area (Å²) in [6.07, 6.45) is 0. The first-order valence-electron chi connectivity index (χ1n) is 10.7. The second-order valence-electron chi connectivity index (χ2n) is 7.98. The molecule has 0 radical (unpaired) electrons. The number of hydrogen-bond donors (Lipinski definition) is 0. The molecule has 0 atom stereocenters. The number of aryl methyl sites for hydroxylation is 4. The van der Waals surface area contributed by atoms with Gasteiger partial charge in [-0.05, 0) is 72.4 Å². The fourth-order valence-electron chi connectivity index (χ4n) is 3.74. The van der Waals surface area contributed by atoms with Crippen molar-refractivity contribution in [3.05, 3.63) is 69.8 Å². The Bertz CT molecular complexity index is 599. The van der Waals surface area contributed by atoms with Crippen LogP contribution in [0.4, 0.5) is 0 Å². The Kier molecular flexibility index (Phi) is 13.9. The van der Waals surface area contributed by atoms with E-state index in [1.54, 1.807) is 0 Å². The molecule has 2 aromatic rings. The van der Waals surface area contributed by atoms with E-state index in [-0.39, 0.29) is 5.41 Å². The maximum Gasteiger partial charge on any atom is -0.0127 e. The van der Waals surface area contributed by atoms with Gasteiger partial charge in [0.15, 0.2) is 0 Å². The molecule has 27 heavy (non-hydrogen) atoms. The Balaban J connectivity index is 0. The highest BCUT2D eigenvalue weighted by Crippen LogP contribution is 2.28. The van der Waals surface area contributed by atoms with Gasteiger partial charge >= 0.3 is 0 Å². The molecule has 2 rings (SSSR count). The van der Waals surface area contributed by atoms with Gasteiger partial charge in [0.1, 0.15) is 0 Å². The smallest absolute Gasteiger partial charge is 0.0127 e. The molecule has 0 heteroatoms. The van der Waals surface area contributed by atoms with Crippen molar-refractivity contribution < 1.29 is 0 Å². The zero-order valence-electron chi connectivity index (χ0n) is 20.5. The van der Waals surface area contributed by atoms with Crippen LogP contribution in [-0.4, -0.2) is 0 Å². The van der Waals surface area contributed by atoms with E-state index >= 15 is 0 Å². The van der Waals surface area contributed by atoms with Crippen LogP contribution < -0.4 is 0 Å². The van der Waals surface area contributed by atoms with Crippen molar-refractivity contribution in [2.75, 3.05) is 0 Å². The average molecular weight is 371 g/mol. The molecule has 0 aromatic heterocycles. The van der Waals surface area contributed by atoms with Gasteiger partial charge in [-0.2, -0.15) is 0 Å². The summed E-state index contributed by atoms with van der Waals surface area (Å²) in [5, 5.41) is 0. The van der Waals surface area contributed by atoms with Crippen LogP contribution >= 0.6 is 0 Å². The van der Waals surface area contributed by atoms with Crippen molar-refractivity contribution in [3.63, 3.8) is 0 Å². The second kappa shape index (κ2) is 13.6. The van der Waals surface area contributed by atoms with Crippen LogP contribution in [0.15, 0.2) is 36.4 Å². The predicted octanol–water partition coefficient (Wildman–Crippen LogP) is 9.08. The van der Waals surface area contributed by atoms with E-state index in [2.05, 4.69) is 98.7 Å². The summed E-state index contributed by atoms with van der Waals surface area (Å²) in [6, 6.07) is 13.0. The molecule has 2 aromatic carbocycles. The first-order valence-corrected chi connectivity index (χ1v) is 10.7. The van der Waals surface area contributed by atoms with Crippen molar-refractivity contribution in [1.82, 2.24) is 0 Å². The molecule has 0 saturated carbocycles. The molecule has 0 saturated heterocycles. The van der Waals surface area contributed by atoms with Crippen LogP contribution in [0.5, 0.6) is 0 Å².